The van der Waals surface area contributed by atoms with Crippen molar-refractivity contribution in [2.75, 3.05) is 7.05 Å². The van der Waals surface area contributed by atoms with Crippen LogP contribution in [0.15, 0.2) is 29.8 Å². The van der Waals surface area contributed by atoms with Gasteiger partial charge in [-0.25, -0.2) is 4.79 Å². The van der Waals surface area contributed by atoms with Gasteiger partial charge in [-0.2, -0.15) is 0 Å². The summed E-state index contributed by atoms with van der Waals surface area (Å²) in [5.74, 6) is -1.11. The summed E-state index contributed by atoms with van der Waals surface area (Å²) in [6, 6.07) is 3.36. The zero-order valence-electron chi connectivity index (χ0n) is 14.5. The van der Waals surface area contributed by atoms with E-state index in [-0.39, 0.29) is 25.5 Å². The lowest BCUT2D eigenvalue weighted by Crippen LogP contribution is -2.08. The first kappa shape index (κ1) is 22.1. The van der Waals surface area contributed by atoms with Gasteiger partial charge in [0.05, 0.1) is 24.3 Å². The second-order valence-electron chi connectivity index (χ2n) is 5.21. The Balaban J connectivity index is 0.00000163. The molecule has 142 valence electrons. The minimum atomic E-state index is -1.11. The third kappa shape index (κ3) is 4.22. The van der Waals surface area contributed by atoms with E-state index < -0.39 is 5.97 Å². The molecule has 7 nitrogen and oxygen atoms in total. The first-order valence-electron chi connectivity index (χ1n) is 7.74. The van der Waals surface area contributed by atoms with Gasteiger partial charge in [0.2, 0.25) is 0 Å². The Kier molecular flexibility index (Phi) is 8.70. The monoisotopic (exact) mass is 426 g/mol. The Bertz CT molecular complexity index is 773. The lowest BCUT2D eigenvalue weighted by atomic mass is 9.92. The molecule has 0 unspecified atom stereocenters. The second kappa shape index (κ2) is 10.2. The molecule has 2 rings (SSSR count). The number of H-pyrrole nitrogens is 1. The fourth-order valence-electron chi connectivity index (χ4n) is 2.76. The van der Waals surface area contributed by atoms with E-state index in [2.05, 4.69) is 39.4 Å². The molecule has 0 amide bonds. The molecule has 0 fully saturated rings. The average molecular weight is 427 g/mol. The number of aliphatic hydroxyl groups excluding tert-OH is 3. The number of hydrogen-bond donors (Lipinski definition) is 6. The number of aromatic amines is 1. The first-order valence-corrected chi connectivity index (χ1v) is 8.54. The fraction of sp³-hybridized carbons (Fsp3) is 0.278. The molecule has 0 radical (unpaired) electrons. The summed E-state index contributed by atoms with van der Waals surface area (Å²) < 4.78 is 0.371. The van der Waals surface area contributed by atoms with Crippen molar-refractivity contribution >= 4 is 21.9 Å². The van der Waals surface area contributed by atoms with E-state index in [1.54, 1.807) is 19.2 Å². The van der Waals surface area contributed by atoms with E-state index in [1.165, 1.54) is 0 Å². The van der Waals surface area contributed by atoms with Crippen molar-refractivity contribution in [1.29, 1.82) is 0 Å². The van der Waals surface area contributed by atoms with Gasteiger partial charge in [-0.3, -0.25) is 0 Å². The average Bonchev–Trinajstić information content (AvgIpc) is 2.98. The van der Waals surface area contributed by atoms with E-state index in [9.17, 15) is 25.2 Å². The lowest BCUT2D eigenvalue weighted by Gasteiger charge is -2.16. The number of aromatic nitrogens is 1. The molecule has 2 aromatic rings. The summed E-state index contributed by atoms with van der Waals surface area (Å²) in [5.41, 5.74) is 3.26. The maximum absolute atomic E-state index is 11.4. The van der Waals surface area contributed by atoms with Crippen molar-refractivity contribution in [3.8, 4) is 11.1 Å². The molecule has 1 aromatic heterocycles. The minimum Gasteiger partial charge on any atom is -0.477 e. The van der Waals surface area contributed by atoms with Gasteiger partial charge < -0.3 is 30.7 Å². The Morgan fingerprint density at radius 1 is 1.15 bits per heavy atom. The molecule has 0 aliphatic carbocycles. The van der Waals surface area contributed by atoms with E-state index in [0.29, 0.717) is 44.5 Å². The molecule has 0 saturated heterocycles. The van der Waals surface area contributed by atoms with Crippen LogP contribution in [-0.2, 0) is 26.4 Å². The molecule has 8 heteroatoms. The standard InChI is InChI=1S/C16H19BrN2O5.C2H4/c1-18-4-12-13(14(17)15(19-12)16(23)24)9-3-2-8(5-20)10(6-21)11(9)7-22;1-2/h2-3,18-22H,4-7H2,1H3,(H,23,24);1-2H2. The molecule has 1 heterocycles. The van der Waals surface area contributed by atoms with Gasteiger partial charge >= 0.3 is 5.97 Å². The molecule has 0 aliphatic heterocycles. The maximum atomic E-state index is 11.4. The molecule has 0 saturated carbocycles. The smallest absolute Gasteiger partial charge is 0.353 e. The predicted octanol–water partition coefficient (Wildman–Crippen LogP) is 2.14. The van der Waals surface area contributed by atoms with Crippen LogP contribution in [0.2, 0.25) is 0 Å². The molecular formula is C18H23BrN2O5. The summed E-state index contributed by atoms with van der Waals surface area (Å²) in [4.78, 5) is 14.3. The van der Waals surface area contributed by atoms with E-state index in [0.717, 1.165) is 0 Å². The number of benzene rings is 1. The van der Waals surface area contributed by atoms with Crippen molar-refractivity contribution in [2.45, 2.75) is 26.4 Å². The van der Waals surface area contributed by atoms with E-state index >= 15 is 0 Å². The summed E-state index contributed by atoms with van der Waals surface area (Å²) in [6.07, 6.45) is 0. The fourth-order valence-corrected chi connectivity index (χ4v) is 3.49. The lowest BCUT2D eigenvalue weighted by molar-refractivity contribution is 0.0690. The van der Waals surface area contributed by atoms with Crippen LogP contribution in [-0.4, -0.2) is 38.4 Å². The van der Waals surface area contributed by atoms with Crippen LogP contribution in [0, 0.1) is 0 Å². The van der Waals surface area contributed by atoms with Crippen LogP contribution in [0.5, 0.6) is 0 Å². The van der Waals surface area contributed by atoms with Gasteiger partial charge in [-0.1, -0.05) is 12.1 Å². The zero-order chi connectivity index (χ0) is 19.9. The Morgan fingerprint density at radius 2 is 1.77 bits per heavy atom. The molecule has 0 bridgehead atoms. The van der Waals surface area contributed by atoms with Gasteiger partial charge in [0.1, 0.15) is 5.69 Å². The third-order valence-electron chi connectivity index (χ3n) is 3.87. The SMILES string of the molecule is C=C.CNCc1[nH]c(C(=O)O)c(Br)c1-c1ccc(CO)c(CO)c1CO. The number of carboxylic acids is 1. The van der Waals surface area contributed by atoms with Crippen molar-refractivity contribution in [3.63, 3.8) is 0 Å². The molecule has 0 aliphatic rings. The number of halogens is 1. The third-order valence-corrected chi connectivity index (χ3v) is 4.66. The van der Waals surface area contributed by atoms with Crippen molar-refractivity contribution < 1.29 is 25.2 Å². The summed E-state index contributed by atoms with van der Waals surface area (Å²) in [6.45, 7) is 5.44. The topological polar surface area (TPSA) is 126 Å². The predicted molar refractivity (Wildman–Crippen MR) is 103 cm³/mol. The van der Waals surface area contributed by atoms with Gasteiger partial charge in [0.15, 0.2) is 0 Å². The molecule has 0 spiro atoms. The van der Waals surface area contributed by atoms with Gasteiger partial charge in [-0.05, 0) is 45.2 Å². The molecular weight excluding hydrogens is 404 g/mol. The highest BCUT2D eigenvalue weighted by molar-refractivity contribution is 9.10. The number of nitrogens with one attached hydrogen (secondary N) is 2. The maximum Gasteiger partial charge on any atom is 0.353 e. The van der Waals surface area contributed by atoms with Gasteiger partial charge in [-0.15, -0.1) is 13.2 Å². The Labute approximate surface area is 160 Å². The van der Waals surface area contributed by atoms with Crippen LogP contribution >= 0.6 is 15.9 Å². The molecule has 26 heavy (non-hydrogen) atoms. The second-order valence-corrected chi connectivity index (χ2v) is 6.00. The molecule has 0 atom stereocenters. The first-order chi connectivity index (χ1) is 12.5. The van der Waals surface area contributed by atoms with Crippen LogP contribution in [0.4, 0.5) is 0 Å². The Morgan fingerprint density at radius 3 is 2.23 bits per heavy atom. The molecule has 1 aromatic carbocycles. The van der Waals surface area contributed by atoms with Crippen LogP contribution in [0.3, 0.4) is 0 Å². The molecule has 6 N–H and O–H groups in total. The van der Waals surface area contributed by atoms with Gasteiger partial charge in [0.25, 0.3) is 0 Å². The Hall–Kier alpha value is -1.97. The number of aliphatic hydroxyl groups is 3. The highest BCUT2D eigenvalue weighted by Gasteiger charge is 2.24. The largest absolute Gasteiger partial charge is 0.477 e. The van der Waals surface area contributed by atoms with E-state index in [1.807, 2.05) is 0 Å². The highest BCUT2D eigenvalue weighted by Crippen LogP contribution is 2.38. The quantitative estimate of drug-likeness (QED) is 0.376. The van der Waals surface area contributed by atoms with E-state index in [4.69, 9.17) is 0 Å². The van der Waals surface area contributed by atoms with Crippen LogP contribution in [0.25, 0.3) is 11.1 Å². The van der Waals surface area contributed by atoms with Crippen molar-refractivity contribution in [1.82, 2.24) is 10.3 Å². The number of rotatable bonds is 7. The summed E-state index contributed by atoms with van der Waals surface area (Å²) in [7, 11) is 1.74. The summed E-state index contributed by atoms with van der Waals surface area (Å²) >= 11 is 3.32. The number of carboxylic acid groups (broad SMARTS) is 1. The number of aromatic carboxylic acids is 1. The van der Waals surface area contributed by atoms with Crippen molar-refractivity contribution in [3.05, 3.63) is 57.8 Å². The zero-order valence-corrected chi connectivity index (χ0v) is 16.1. The normalized spacial score (nSPS) is 10.3. The van der Waals surface area contributed by atoms with Crippen LogP contribution in [0.1, 0.15) is 32.9 Å². The highest BCUT2D eigenvalue weighted by atomic mass is 79.9. The number of hydrogen-bond acceptors (Lipinski definition) is 5. The minimum absolute atomic E-state index is 0.0101. The van der Waals surface area contributed by atoms with Gasteiger partial charge in [0, 0.05) is 17.8 Å². The summed E-state index contributed by atoms with van der Waals surface area (Å²) in [5, 5.41) is 41.1. The van der Waals surface area contributed by atoms with Crippen LogP contribution < -0.4 is 5.32 Å². The number of carbonyl (C=O) groups is 1. The van der Waals surface area contributed by atoms with Crippen molar-refractivity contribution in [2.24, 2.45) is 0 Å².